The van der Waals surface area contributed by atoms with E-state index in [9.17, 15) is 35.0 Å². The van der Waals surface area contributed by atoms with Gasteiger partial charge in [-0.05, 0) is 30.0 Å². The molecule has 1 heterocycles. The van der Waals surface area contributed by atoms with E-state index in [0.29, 0.717) is 44.0 Å². The number of hydrogen-bond donors (Lipinski definition) is 8. The molecule has 1 fully saturated rings. The third-order valence-corrected chi connectivity index (χ3v) is 6.33. The molecule has 14 nitrogen and oxygen atoms in total. The highest BCUT2D eigenvalue weighted by Gasteiger charge is 2.32. The van der Waals surface area contributed by atoms with E-state index in [2.05, 4.69) is 5.32 Å². The molecule has 0 bridgehead atoms. The maximum atomic E-state index is 12.9. The number of esters is 1. The summed E-state index contributed by atoms with van der Waals surface area (Å²) in [5.41, 5.74) is 6.57. The number of morpholine rings is 1. The second kappa shape index (κ2) is 16.7. The standard InChI is InChI=1S/C25H42BN3O11/c1-15(2)11-21(27)26(37)40-17-5-3-16(4-6-17)12-18(28-25(36)29-7-9-38-10-8-29)24(35)39-14-20(32)23(34)22(33)19(31)13-30/h3-6,15,18-23,30-34,37H,7-14,27H2,1-2H3,(H,28,36)/t18-,19+,20+,21-,22+,23+/m0/s1. The highest BCUT2D eigenvalue weighted by molar-refractivity contribution is 6.45. The molecular weight excluding hydrogens is 529 g/mol. The lowest BCUT2D eigenvalue weighted by Gasteiger charge is -2.29. The smallest absolute Gasteiger partial charge is 0.535 e. The SMILES string of the molecule is CC(C)C[C@H](N)B(O)Oc1ccc(C[C@H](NC(=O)N2CCOCC2)C(=O)OC[C@@H](O)[C@@H](O)[C@H](O)[C@H](O)CO)cc1. The summed E-state index contributed by atoms with van der Waals surface area (Å²) < 4.78 is 15.9. The van der Waals surface area contributed by atoms with Crippen LogP contribution in [0.2, 0.25) is 0 Å². The van der Waals surface area contributed by atoms with Crippen LogP contribution in [0.1, 0.15) is 25.8 Å². The molecule has 1 aliphatic heterocycles. The van der Waals surface area contributed by atoms with Gasteiger partial charge in [0.15, 0.2) is 0 Å². The molecule has 2 rings (SSSR count). The fourth-order valence-electron chi connectivity index (χ4n) is 3.96. The fraction of sp³-hybridized carbons (Fsp3) is 0.680. The van der Waals surface area contributed by atoms with Crippen LogP contribution >= 0.6 is 0 Å². The van der Waals surface area contributed by atoms with Gasteiger partial charge in [-0.3, -0.25) is 0 Å². The Balaban J connectivity index is 2.06. The highest BCUT2D eigenvalue weighted by atomic mass is 16.5. The summed E-state index contributed by atoms with van der Waals surface area (Å²) in [5.74, 6) is -0.856. The van der Waals surface area contributed by atoms with Crippen LogP contribution in [0.25, 0.3) is 0 Å². The Hall–Kier alpha value is -2.50. The molecule has 1 aromatic carbocycles. The fourth-order valence-corrected chi connectivity index (χ4v) is 3.96. The highest BCUT2D eigenvalue weighted by Crippen LogP contribution is 2.17. The second-order valence-corrected chi connectivity index (χ2v) is 10.2. The maximum absolute atomic E-state index is 12.9. The number of nitrogens with one attached hydrogen (secondary N) is 1. The molecule has 2 amide bonds. The van der Waals surface area contributed by atoms with Gasteiger partial charge in [-0.25, -0.2) is 9.59 Å². The number of urea groups is 1. The third-order valence-electron chi connectivity index (χ3n) is 6.33. The molecule has 9 N–H and O–H groups in total. The number of aliphatic hydroxyl groups excluding tert-OH is 5. The van der Waals surface area contributed by atoms with Crippen LogP contribution < -0.4 is 15.7 Å². The van der Waals surface area contributed by atoms with Gasteiger partial charge in [0, 0.05) is 19.5 Å². The van der Waals surface area contributed by atoms with Crippen LogP contribution in [-0.2, 0) is 20.7 Å². The topological polar surface area (TPSA) is 224 Å². The minimum atomic E-state index is -1.91. The van der Waals surface area contributed by atoms with E-state index in [0.717, 1.165) is 0 Å². The molecular formula is C25H42BN3O11. The molecule has 1 saturated heterocycles. The Kier molecular flexibility index (Phi) is 14.1. The number of carbonyl (C=O) groups is 2. The quantitative estimate of drug-likeness (QED) is 0.0801. The Morgan fingerprint density at radius 2 is 1.68 bits per heavy atom. The van der Waals surface area contributed by atoms with Crippen LogP contribution in [0.15, 0.2) is 24.3 Å². The van der Waals surface area contributed by atoms with E-state index in [4.69, 9.17) is 25.0 Å². The summed E-state index contributed by atoms with van der Waals surface area (Å²) >= 11 is 0. The molecule has 15 heteroatoms. The molecule has 0 radical (unpaired) electrons. The van der Waals surface area contributed by atoms with E-state index < -0.39 is 68.7 Å². The van der Waals surface area contributed by atoms with Crippen molar-refractivity contribution in [3.05, 3.63) is 29.8 Å². The summed E-state index contributed by atoms with van der Waals surface area (Å²) in [7, 11) is -1.21. The number of carbonyl (C=O) groups excluding carboxylic acids is 2. The van der Waals surface area contributed by atoms with Gasteiger partial charge < -0.3 is 60.6 Å². The molecule has 0 saturated carbocycles. The van der Waals surface area contributed by atoms with Crippen molar-refractivity contribution in [2.75, 3.05) is 39.5 Å². The number of benzene rings is 1. The van der Waals surface area contributed by atoms with E-state index in [1.165, 1.54) is 4.90 Å². The van der Waals surface area contributed by atoms with E-state index in [1.807, 2.05) is 13.8 Å². The van der Waals surface area contributed by atoms with Crippen molar-refractivity contribution >= 4 is 19.1 Å². The molecule has 226 valence electrons. The van der Waals surface area contributed by atoms with Gasteiger partial charge in [-0.2, -0.15) is 0 Å². The Bertz CT molecular complexity index is 905. The number of rotatable bonds is 15. The van der Waals surface area contributed by atoms with Crippen LogP contribution in [0.4, 0.5) is 4.79 Å². The normalized spacial score (nSPS) is 18.3. The van der Waals surface area contributed by atoms with E-state index >= 15 is 0 Å². The number of aliphatic hydroxyl groups is 5. The predicted molar refractivity (Wildman–Crippen MR) is 143 cm³/mol. The average molecular weight is 571 g/mol. The van der Waals surface area contributed by atoms with Crippen molar-refractivity contribution < 1.29 is 54.3 Å². The van der Waals surface area contributed by atoms with Gasteiger partial charge in [0.2, 0.25) is 0 Å². The summed E-state index contributed by atoms with van der Waals surface area (Å²) in [5, 5.41) is 61.0. The summed E-state index contributed by atoms with van der Waals surface area (Å²) in [6.45, 7) is 3.72. The molecule has 0 unspecified atom stereocenters. The summed E-state index contributed by atoms with van der Waals surface area (Å²) in [6.07, 6.45) is -6.71. The zero-order chi connectivity index (χ0) is 29.8. The predicted octanol–water partition coefficient (Wildman–Crippen LogP) is -2.61. The number of amides is 2. The largest absolute Gasteiger partial charge is 0.540 e. The van der Waals surface area contributed by atoms with Crippen LogP contribution in [-0.4, -0.2) is 130 Å². The van der Waals surface area contributed by atoms with Crippen molar-refractivity contribution in [3.8, 4) is 5.75 Å². The van der Waals surface area contributed by atoms with Crippen molar-refractivity contribution in [1.29, 1.82) is 0 Å². The maximum Gasteiger partial charge on any atom is 0.540 e. The molecule has 40 heavy (non-hydrogen) atoms. The first-order chi connectivity index (χ1) is 18.9. The number of hydrogen-bond acceptors (Lipinski definition) is 12. The van der Waals surface area contributed by atoms with Gasteiger partial charge >= 0.3 is 19.1 Å². The van der Waals surface area contributed by atoms with E-state index in [1.54, 1.807) is 24.3 Å². The summed E-state index contributed by atoms with van der Waals surface area (Å²) in [6, 6.07) is 4.74. The average Bonchev–Trinajstić information content (AvgIpc) is 2.94. The third kappa shape index (κ3) is 10.8. The molecule has 6 atom stereocenters. The lowest BCUT2D eigenvalue weighted by molar-refractivity contribution is -0.158. The van der Waals surface area contributed by atoms with Gasteiger partial charge in [0.25, 0.3) is 0 Å². The Morgan fingerprint density at radius 3 is 2.25 bits per heavy atom. The molecule has 1 aromatic rings. The van der Waals surface area contributed by atoms with Crippen molar-refractivity contribution in [2.45, 2.75) is 63.1 Å². The number of ether oxygens (including phenoxy) is 2. The number of nitrogens with zero attached hydrogens (tertiary/aromatic N) is 1. The van der Waals surface area contributed by atoms with E-state index in [-0.39, 0.29) is 12.3 Å². The lowest BCUT2D eigenvalue weighted by Crippen LogP contribution is -2.53. The second-order valence-electron chi connectivity index (χ2n) is 10.2. The molecule has 0 aliphatic carbocycles. The zero-order valence-corrected chi connectivity index (χ0v) is 22.8. The minimum absolute atomic E-state index is 0.00485. The van der Waals surface area contributed by atoms with Gasteiger partial charge in [-0.1, -0.05) is 26.0 Å². The number of nitrogens with two attached hydrogens (primary N) is 1. The molecule has 1 aliphatic rings. The minimum Gasteiger partial charge on any atom is -0.535 e. The Morgan fingerprint density at radius 1 is 1.07 bits per heavy atom. The van der Waals surface area contributed by atoms with Crippen molar-refractivity contribution in [3.63, 3.8) is 0 Å². The first-order valence-corrected chi connectivity index (χ1v) is 13.2. The van der Waals surface area contributed by atoms with Gasteiger partial charge in [0.1, 0.15) is 42.8 Å². The molecule has 0 spiro atoms. The van der Waals surface area contributed by atoms with Crippen LogP contribution in [0.5, 0.6) is 5.75 Å². The van der Waals surface area contributed by atoms with Crippen LogP contribution in [0, 0.1) is 5.92 Å². The van der Waals surface area contributed by atoms with Crippen LogP contribution in [0.3, 0.4) is 0 Å². The van der Waals surface area contributed by atoms with Crippen molar-refractivity contribution in [1.82, 2.24) is 10.2 Å². The van der Waals surface area contributed by atoms with Gasteiger partial charge in [0.05, 0.1) is 25.8 Å². The summed E-state index contributed by atoms with van der Waals surface area (Å²) in [4.78, 5) is 27.2. The van der Waals surface area contributed by atoms with Gasteiger partial charge in [-0.15, -0.1) is 0 Å². The Labute approximate surface area is 233 Å². The zero-order valence-electron chi connectivity index (χ0n) is 22.8. The first kappa shape index (κ1) is 33.7. The first-order valence-electron chi connectivity index (χ1n) is 13.2. The monoisotopic (exact) mass is 571 g/mol. The molecule has 0 aromatic heterocycles. The lowest BCUT2D eigenvalue weighted by atomic mass is 9.75. The van der Waals surface area contributed by atoms with Crippen molar-refractivity contribution in [2.24, 2.45) is 11.7 Å².